The monoisotopic (exact) mass is 243 g/mol. The number of pyridine rings is 1. The van der Waals surface area contributed by atoms with Crippen LogP contribution in [0.2, 0.25) is 0 Å². The molecule has 0 saturated heterocycles. The molecule has 2 N–H and O–H groups in total. The fraction of sp³-hybridized carbons (Fsp3) is 0. The first-order valence-electron chi connectivity index (χ1n) is 5.07. The van der Waals surface area contributed by atoms with E-state index in [0.717, 1.165) is 16.9 Å². The zero-order chi connectivity index (χ0) is 11.8. The van der Waals surface area contributed by atoms with E-state index in [0.29, 0.717) is 4.88 Å². The van der Waals surface area contributed by atoms with Crippen LogP contribution >= 0.6 is 11.3 Å². The van der Waals surface area contributed by atoms with Crippen molar-refractivity contribution >= 4 is 22.9 Å². The van der Waals surface area contributed by atoms with Gasteiger partial charge in [0.25, 0.3) is 5.91 Å². The van der Waals surface area contributed by atoms with Crippen LogP contribution in [0.25, 0.3) is 16.9 Å². The van der Waals surface area contributed by atoms with Crippen molar-refractivity contribution < 1.29 is 4.79 Å². The first-order valence-corrected chi connectivity index (χ1v) is 5.95. The Morgan fingerprint density at radius 1 is 1.35 bits per heavy atom. The molecule has 84 valence electrons. The third-order valence-corrected chi connectivity index (χ3v) is 3.51. The minimum absolute atomic E-state index is 0.402. The van der Waals surface area contributed by atoms with Crippen LogP contribution in [0.3, 0.4) is 0 Å². The van der Waals surface area contributed by atoms with E-state index in [1.165, 1.54) is 11.3 Å². The molecule has 0 fully saturated rings. The number of carbonyl (C=O) groups is 1. The number of thiophene rings is 1. The Morgan fingerprint density at radius 3 is 3.06 bits per heavy atom. The summed E-state index contributed by atoms with van der Waals surface area (Å²) in [5, 5.41) is 1.86. The lowest BCUT2D eigenvalue weighted by atomic mass is 10.2. The Balaban J connectivity index is 2.28. The van der Waals surface area contributed by atoms with Gasteiger partial charge in [-0.15, -0.1) is 11.3 Å². The average Bonchev–Trinajstić information content (AvgIpc) is 2.94. The lowest BCUT2D eigenvalue weighted by molar-refractivity contribution is 0.100. The zero-order valence-corrected chi connectivity index (χ0v) is 9.65. The predicted molar refractivity (Wildman–Crippen MR) is 67.0 cm³/mol. The van der Waals surface area contributed by atoms with Gasteiger partial charge in [-0.1, -0.05) is 6.07 Å². The summed E-state index contributed by atoms with van der Waals surface area (Å²) in [4.78, 5) is 16.2. The second-order valence-corrected chi connectivity index (χ2v) is 4.52. The molecule has 4 nitrogen and oxygen atoms in total. The summed E-state index contributed by atoms with van der Waals surface area (Å²) in [6.07, 6.45) is 3.67. The maximum absolute atomic E-state index is 11.3. The Morgan fingerprint density at radius 2 is 2.24 bits per heavy atom. The van der Waals surface area contributed by atoms with Crippen LogP contribution in [-0.4, -0.2) is 15.3 Å². The molecule has 0 spiro atoms. The fourth-order valence-electron chi connectivity index (χ4n) is 1.83. The Labute approximate surface area is 101 Å². The predicted octanol–water partition coefficient (Wildman–Crippen LogP) is 2.16. The van der Waals surface area contributed by atoms with E-state index < -0.39 is 5.91 Å². The minimum Gasteiger partial charge on any atom is -0.365 e. The maximum atomic E-state index is 11.3. The van der Waals surface area contributed by atoms with Crippen molar-refractivity contribution in [3.05, 3.63) is 46.9 Å². The van der Waals surface area contributed by atoms with Crippen LogP contribution in [0, 0.1) is 0 Å². The van der Waals surface area contributed by atoms with Gasteiger partial charge in [0.15, 0.2) is 0 Å². The number of hydrogen-bond donors (Lipinski definition) is 1. The van der Waals surface area contributed by atoms with Gasteiger partial charge >= 0.3 is 0 Å². The topological polar surface area (TPSA) is 60.4 Å². The van der Waals surface area contributed by atoms with E-state index in [4.69, 9.17) is 5.73 Å². The third-order valence-electron chi connectivity index (χ3n) is 2.58. The van der Waals surface area contributed by atoms with Gasteiger partial charge in [0, 0.05) is 11.8 Å². The number of aromatic nitrogens is 2. The van der Waals surface area contributed by atoms with E-state index >= 15 is 0 Å². The van der Waals surface area contributed by atoms with Gasteiger partial charge in [-0.3, -0.25) is 9.20 Å². The van der Waals surface area contributed by atoms with Gasteiger partial charge in [0.05, 0.1) is 11.9 Å². The molecule has 0 unspecified atom stereocenters. The summed E-state index contributed by atoms with van der Waals surface area (Å²) in [6, 6.07) is 7.66. The van der Waals surface area contributed by atoms with Gasteiger partial charge in [0.2, 0.25) is 0 Å². The van der Waals surface area contributed by atoms with Gasteiger partial charge in [-0.25, -0.2) is 4.98 Å². The molecule has 0 saturated carbocycles. The van der Waals surface area contributed by atoms with Crippen molar-refractivity contribution in [3.8, 4) is 11.3 Å². The lowest BCUT2D eigenvalue weighted by Crippen LogP contribution is -2.10. The molecule has 0 aromatic carbocycles. The standard InChI is InChI=1S/C12H9N3OS/c13-12(16)11-8(4-6-17-11)9-7-14-10-3-1-2-5-15(9)10/h1-7H,(H2,13,16). The molecule has 0 aliphatic heterocycles. The van der Waals surface area contributed by atoms with Crippen molar-refractivity contribution in [2.45, 2.75) is 0 Å². The number of rotatable bonds is 2. The largest absolute Gasteiger partial charge is 0.365 e. The van der Waals surface area contributed by atoms with Crippen molar-refractivity contribution in [1.29, 1.82) is 0 Å². The van der Waals surface area contributed by atoms with E-state index in [-0.39, 0.29) is 0 Å². The Kier molecular flexibility index (Phi) is 2.19. The Bertz CT molecular complexity index is 698. The summed E-state index contributed by atoms with van der Waals surface area (Å²) < 4.78 is 1.94. The molecular weight excluding hydrogens is 234 g/mol. The highest BCUT2D eigenvalue weighted by atomic mass is 32.1. The van der Waals surface area contributed by atoms with Crippen LogP contribution in [0.15, 0.2) is 42.0 Å². The molecule has 0 atom stereocenters. The number of nitrogens with zero attached hydrogens (tertiary/aromatic N) is 2. The second-order valence-electron chi connectivity index (χ2n) is 3.60. The summed E-state index contributed by atoms with van der Waals surface area (Å²) in [6.45, 7) is 0. The molecule has 0 aliphatic carbocycles. The third kappa shape index (κ3) is 1.52. The first kappa shape index (κ1) is 10.0. The van der Waals surface area contributed by atoms with Crippen molar-refractivity contribution in [3.63, 3.8) is 0 Å². The number of imidazole rings is 1. The molecule has 3 aromatic rings. The van der Waals surface area contributed by atoms with Gasteiger partial charge < -0.3 is 5.73 Å². The molecule has 3 rings (SSSR count). The molecule has 3 heterocycles. The highest BCUT2D eigenvalue weighted by molar-refractivity contribution is 7.12. The van der Waals surface area contributed by atoms with Crippen LogP contribution in [0.5, 0.6) is 0 Å². The second kappa shape index (κ2) is 3.71. The number of primary amides is 1. The maximum Gasteiger partial charge on any atom is 0.259 e. The summed E-state index contributed by atoms with van der Waals surface area (Å²) in [5.74, 6) is -0.402. The van der Waals surface area contributed by atoms with Crippen molar-refractivity contribution in [1.82, 2.24) is 9.38 Å². The highest BCUT2D eigenvalue weighted by Gasteiger charge is 2.14. The zero-order valence-electron chi connectivity index (χ0n) is 8.83. The number of carbonyl (C=O) groups excluding carboxylic acids is 1. The molecule has 17 heavy (non-hydrogen) atoms. The molecule has 3 aromatic heterocycles. The summed E-state index contributed by atoms with van der Waals surface area (Å²) in [7, 11) is 0. The summed E-state index contributed by atoms with van der Waals surface area (Å²) in [5.41, 5.74) is 7.92. The molecule has 0 bridgehead atoms. The molecule has 5 heteroatoms. The van der Waals surface area contributed by atoms with E-state index in [9.17, 15) is 4.79 Å². The molecule has 0 radical (unpaired) electrons. The lowest BCUT2D eigenvalue weighted by Gasteiger charge is -2.00. The average molecular weight is 243 g/mol. The number of fused-ring (bicyclic) bond motifs is 1. The number of nitrogens with two attached hydrogens (primary N) is 1. The van der Waals surface area contributed by atoms with Crippen LogP contribution in [-0.2, 0) is 0 Å². The first-order chi connectivity index (χ1) is 8.27. The Hall–Kier alpha value is -2.14. The quantitative estimate of drug-likeness (QED) is 0.749. The fourth-order valence-corrected chi connectivity index (χ4v) is 2.59. The SMILES string of the molecule is NC(=O)c1sccc1-c1cnc2ccccn12. The van der Waals surface area contributed by atoms with Crippen molar-refractivity contribution in [2.24, 2.45) is 5.73 Å². The van der Waals surface area contributed by atoms with E-state index in [1.54, 1.807) is 6.20 Å². The number of amides is 1. The number of hydrogen-bond acceptors (Lipinski definition) is 3. The van der Waals surface area contributed by atoms with Crippen LogP contribution < -0.4 is 5.73 Å². The van der Waals surface area contributed by atoms with Gasteiger partial charge in [-0.2, -0.15) is 0 Å². The van der Waals surface area contributed by atoms with Gasteiger partial charge in [-0.05, 0) is 23.6 Å². The van der Waals surface area contributed by atoms with Crippen molar-refractivity contribution in [2.75, 3.05) is 0 Å². The van der Waals surface area contributed by atoms with Crippen LogP contribution in [0.4, 0.5) is 0 Å². The smallest absolute Gasteiger partial charge is 0.259 e. The van der Waals surface area contributed by atoms with E-state index in [1.807, 2.05) is 40.2 Å². The normalized spacial score (nSPS) is 10.8. The van der Waals surface area contributed by atoms with E-state index in [2.05, 4.69) is 4.98 Å². The molecular formula is C12H9N3OS. The van der Waals surface area contributed by atoms with Crippen LogP contribution in [0.1, 0.15) is 9.67 Å². The van der Waals surface area contributed by atoms with Gasteiger partial charge in [0.1, 0.15) is 10.5 Å². The molecule has 0 aliphatic rings. The summed E-state index contributed by atoms with van der Waals surface area (Å²) >= 11 is 1.35. The highest BCUT2D eigenvalue weighted by Crippen LogP contribution is 2.28. The minimum atomic E-state index is -0.402. The molecule has 1 amide bonds.